The lowest BCUT2D eigenvalue weighted by Gasteiger charge is -2.01. The second-order valence-electron chi connectivity index (χ2n) is 2.58. The van der Waals surface area contributed by atoms with Crippen LogP contribution in [0.4, 0.5) is 8.78 Å². The molecule has 1 aromatic carbocycles. The summed E-state index contributed by atoms with van der Waals surface area (Å²) in [6.07, 6.45) is 1.36. The van der Waals surface area contributed by atoms with E-state index >= 15 is 0 Å². The third kappa shape index (κ3) is 2.59. The molecule has 0 aliphatic heterocycles. The van der Waals surface area contributed by atoms with Gasteiger partial charge in [0.05, 0.1) is 4.47 Å². The van der Waals surface area contributed by atoms with Gasteiger partial charge >= 0.3 is 0 Å². The van der Waals surface area contributed by atoms with Gasteiger partial charge in [-0.2, -0.15) is 0 Å². The van der Waals surface area contributed by atoms with Gasteiger partial charge in [-0.1, -0.05) is 0 Å². The van der Waals surface area contributed by atoms with Crippen molar-refractivity contribution in [1.29, 1.82) is 0 Å². The van der Waals surface area contributed by atoms with E-state index in [1.54, 1.807) is 0 Å². The van der Waals surface area contributed by atoms with Crippen molar-refractivity contribution in [3.05, 3.63) is 33.8 Å². The molecule has 0 atom stereocenters. The standard InChI is InChI=1S/C9H7BrF2O/c10-9-7(11)4-6(2-1-3-13)5-8(9)12/h3-5H,1-2H2. The van der Waals surface area contributed by atoms with Crippen molar-refractivity contribution < 1.29 is 13.6 Å². The summed E-state index contributed by atoms with van der Waals surface area (Å²) < 4.78 is 25.6. The molecule has 0 saturated carbocycles. The number of carbonyl (C=O) groups is 1. The number of halogens is 3. The van der Waals surface area contributed by atoms with Crippen molar-refractivity contribution in [3.8, 4) is 0 Å². The van der Waals surface area contributed by atoms with Crippen molar-refractivity contribution in [2.75, 3.05) is 0 Å². The lowest BCUT2D eigenvalue weighted by atomic mass is 10.1. The van der Waals surface area contributed by atoms with Gasteiger partial charge < -0.3 is 4.79 Å². The zero-order valence-electron chi connectivity index (χ0n) is 6.69. The van der Waals surface area contributed by atoms with Crippen LogP contribution in [0.25, 0.3) is 0 Å². The molecule has 0 aliphatic rings. The topological polar surface area (TPSA) is 17.1 Å². The van der Waals surface area contributed by atoms with E-state index in [0.717, 1.165) is 6.29 Å². The van der Waals surface area contributed by atoms with Crippen LogP contribution in [0.1, 0.15) is 12.0 Å². The van der Waals surface area contributed by atoms with E-state index in [9.17, 15) is 13.6 Å². The van der Waals surface area contributed by atoms with Crippen LogP contribution in [0, 0.1) is 11.6 Å². The maximum atomic E-state index is 12.9. The second-order valence-corrected chi connectivity index (χ2v) is 3.37. The predicted molar refractivity (Wildman–Crippen MR) is 48.4 cm³/mol. The maximum Gasteiger partial charge on any atom is 0.140 e. The fourth-order valence-corrected chi connectivity index (χ4v) is 1.21. The smallest absolute Gasteiger partial charge is 0.140 e. The molecule has 1 rings (SSSR count). The molecule has 0 spiro atoms. The van der Waals surface area contributed by atoms with E-state index in [2.05, 4.69) is 15.9 Å². The Bertz CT molecular complexity index is 302. The average molecular weight is 249 g/mol. The van der Waals surface area contributed by atoms with Crippen LogP contribution in [0.3, 0.4) is 0 Å². The van der Waals surface area contributed by atoms with Gasteiger partial charge in [0.2, 0.25) is 0 Å². The van der Waals surface area contributed by atoms with Gasteiger partial charge in [-0.3, -0.25) is 0 Å². The number of hydrogen-bond donors (Lipinski definition) is 0. The minimum Gasteiger partial charge on any atom is -0.303 e. The first-order valence-electron chi connectivity index (χ1n) is 3.72. The Morgan fingerprint density at radius 1 is 1.31 bits per heavy atom. The Kier molecular flexibility index (Phi) is 3.54. The predicted octanol–water partition coefficient (Wildman–Crippen LogP) is 2.86. The van der Waals surface area contributed by atoms with Crippen LogP contribution in [0.2, 0.25) is 0 Å². The van der Waals surface area contributed by atoms with Gasteiger partial charge in [0.25, 0.3) is 0 Å². The average Bonchev–Trinajstić information content (AvgIpc) is 2.10. The number of aryl methyl sites for hydroxylation is 1. The lowest BCUT2D eigenvalue weighted by Crippen LogP contribution is -1.92. The summed E-state index contributed by atoms with van der Waals surface area (Å²) in [4.78, 5) is 10.0. The number of rotatable bonds is 3. The number of hydrogen-bond acceptors (Lipinski definition) is 1. The van der Waals surface area contributed by atoms with Gasteiger partial charge in [-0.25, -0.2) is 8.78 Å². The van der Waals surface area contributed by atoms with E-state index in [4.69, 9.17) is 0 Å². The molecule has 70 valence electrons. The third-order valence-corrected chi connectivity index (χ3v) is 2.35. The molecule has 0 aliphatic carbocycles. The van der Waals surface area contributed by atoms with Crippen molar-refractivity contribution in [2.45, 2.75) is 12.8 Å². The van der Waals surface area contributed by atoms with Crippen molar-refractivity contribution in [2.24, 2.45) is 0 Å². The summed E-state index contributed by atoms with van der Waals surface area (Å²) in [5.74, 6) is -1.28. The zero-order valence-corrected chi connectivity index (χ0v) is 8.27. The quantitative estimate of drug-likeness (QED) is 0.594. The highest BCUT2D eigenvalue weighted by molar-refractivity contribution is 9.10. The number of aldehydes is 1. The Morgan fingerprint density at radius 3 is 2.31 bits per heavy atom. The fraction of sp³-hybridized carbons (Fsp3) is 0.222. The molecule has 0 aromatic heterocycles. The van der Waals surface area contributed by atoms with Gasteiger partial charge in [0.15, 0.2) is 0 Å². The Morgan fingerprint density at radius 2 is 1.85 bits per heavy atom. The van der Waals surface area contributed by atoms with Crippen LogP contribution < -0.4 is 0 Å². The summed E-state index contributed by atoms with van der Waals surface area (Å²) in [6, 6.07) is 2.44. The Hall–Kier alpha value is -0.770. The SMILES string of the molecule is O=CCCc1cc(F)c(Br)c(F)c1. The molecule has 0 heterocycles. The molecule has 0 saturated heterocycles. The summed E-state index contributed by atoms with van der Waals surface area (Å²) >= 11 is 2.76. The molecule has 13 heavy (non-hydrogen) atoms. The lowest BCUT2D eigenvalue weighted by molar-refractivity contribution is -0.107. The molecule has 0 N–H and O–H groups in total. The minimum atomic E-state index is -0.638. The van der Waals surface area contributed by atoms with E-state index in [0.29, 0.717) is 12.0 Å². The largest absolute Gasteiger partial charge is 0.303 e. The van der Waals surface area contributed by atoms with E-state index in [1.807, 2.05) is 0 Å². The molecule has 0 radical (unpaired) electrons. The highest BCUT2D eigenvalue weighted by atomic mass is 79.9. The molecule has 0 fully saturated rings. The van der Waals surface area contributed by atoms with Crippen molar-refractivity contribution >= 4 is 22.2 Å². The molecule has 0 amide bonds. The van der Waals surface area contributed by atoms with Crippen LogP contribution in [-0.4, -0.2) is 6.29 Å². The van der Waals surface area contributed by atoms with Gasteiger partial charge in [-0.05, 0) is 40.0 Å². The Labute approximate surface area is 82.9 Å². The molecule has 0 bridgehead atoms. The zero-order chi connectivity index (χ0) is 9.84. The molecule has 0 unspecified atom stereocenters. The summed E-state index contributed by atoms with van der Waals surface area (Å²) in [5, 5.41) is 0. The van der Waals surface area contributed by atoms with Gasteiger partial charge in [0, 0.05) is 6.42 Å². The third-order valence-electron chi connectivity index (χ3n) is 1.59. The summed E-state index contributed by atoms with van der Waals surface area (Å²) in [6.45, 7) is 0. The van der Waals surface area contributed by atoms with Crippen molar-refractivity contribution in [3.63, 3.8) is 0 Å². The highest BCUT2D eigenvalue weighted by Crippen LogP contribution is 2.21. The normalized spacial score (nSPS) is 10.1. The van der Waals surface area contributed by atoms with E-state index in [-0.39, 0.29) is 10.9 Å². The first-order chi connectivity index (χ1) is 6.15. The fourth-order valence-electron chi connectivity index (χ4n) is 0.978. The summed E-state index contributed by atoms with van der Waals surface area (Å²) in [7, 11) is 0. The second kappa shape index (κ2) is 4.46. The van der Waals surface area contributed by atoms with E-state index in [1.165, 1.54) is 12.1 Å². The molecule has 4 heteroatoms. The molecular weight excluding hydrogens is 242 g/mol. The highest BCUT2D eigenvalue weighted by Gasteiger charge is 2.07. The molecule has 1 nitrogen and oxygen atoms in total. The minimum absolute atomic E-state index is 0.164. The molecular formula is C9H7BrF2O. The molecule has 1 aromatic rings. The van der Waals surface area contributed by atoms with Crippen LogP contribution in [0.5, 0.6) is 0 Å². The monoisotopic (exact) mass is 248 g/mol. The van der Waals surface area contributed by atoms with Crippen molar-refractivity contribution in [1.82, 2.24) is 0 Å². The Balaban J connectivity index is 2.92. The summed E-state index contributed by atoms with van der Waals surface area (Å²) in [5.41, 5.74) is 0.491. The maximum absolute atomic E-state index is 12.9. The van der Waals surface area contributed by atoms with E-state index < -0.39 is 11.6 Å². The van der Waals surface area contributed by atoms with Gasteiger partial charge in [0.1, 0.15) is 17.9 Å². The number of benzene rings is 1. The number of carbonyl (C=O) groups excluding carboxylic acids is 1. The first kappa shape index (κ1) is 10.3. The van der Waals surface area contributed by atoms with Gasteiger partial charge in [-0.15, -0.1) is 0 Å². The van der Waals surface area contributed by atoms with Crippen LogP contribution in [0.15, 0.2) is 16.6 Å². The first-order valence-corrected chi connectivity index (χ1v) is 4.51. The van der Waals surface area contributed by atoms with Crippen LogP contribution >= 0.6 is 15.9 Å². The van der Waals surface area contributed by atoms with Crippen LogP contribution in [-0.2, 0) is 11.2 Å².